The van der Waals surface area contributed by atoms with Gasteiger partial charge in [0.1, 0.15) is 0 Å². The first-order valence-electron chi connectivity index (χ1n) is 6.75. The van der Waals surface area contributed by atoms with E-state index in [1.165, 1.54) is 48.7 Å². The quantitative estimate of drug-likeness (QED) is 0.850. The van der Waals surface area contributed by atoms with Gasteiger partial charge in [0.2, 0.25) is 0 Å². The highest BCUT2D eigenvalue weighted by atomic mass is 79.9. The van der Waals surface area contributed by atoms with Gasteiger partial charge in [0, 0.05) is 10.5 Å². The maximum absolute atomic E-state index is 3.68. The van der Waals surface area contributed by atoms with Crippen molar-refractivity contribution in [3.8, 4) is 0 Å². The fourth-order valence-corrected chi connectivity index (χ4v) is 3.30. The second-order valence-corrected chi connectivity index (χ2v) is 6.01. The van der Waals surface area contributed by atoms with Crippen molar-refractivity contribution in [2.45, 2.75) is 45.1 Å². The number of halogens is 1. The van der Waals surface area contributed by atoms with Crippen LogP contribution in [0.3, 0.4) is 0 Å². The van der Waals surface area contributed by atoms with Crippen LogP contribution < -0.4 is 5.32 Å². The van der Waals surface area contributed by atoms with Gasteiger partial charge >= 0.3 is 0 Å². The van der Waals surface area contributed by atoms with Gasteiger partial charge in [-0.1, -0.05) is 53.4 Å². The Hall–Kier alpha value is -0.340. The Balaban J connectivity index is 1.84. The molecule has 0 spiro atoms. The summed E-state index contributed by atoms with van der Waals surface area (Å²) in [5.74, 6) is 0.897. The molecule has 1 aliphatic rings. The summed E-state index contributed by atoms with van der Waals surface area (Å²) in [5.41, 5.74) is 1.36. The van der Waals surface area contributed by atoms with E-state index in [1.54, 1.807) is 0 Å². The highest BCUT2D eigenvalue weighted by Gasteiger charge is 2.15. The molecule has 0 bridgehead atoms. The topological polar surface area (TPSA) is 12.0 Å². The van der Waals surface area contributed by atoms with Crippen LogP contribution in [0.1, 0.15) is 50.6 Å². The van der Waals surface area contributed by atoms with Crippen LogP contribution in [0.2, 0.25) is 0 Å². The molecular weight excluding hydrogens is 274 g/mol. The minimum Gasteiger partial charge on any atom is -0.310 e. The minimum atomic E-state index is 0.438. The summed E-state index contributed by atoms with van der Waals surface area (Å²) in [7, 11) is 0. The number of nitrogens with one attached hydrogen (secondary N) is 1. The molecule has 1 N–H and O–H groups in total. The molecule has 1 saturated carbocycles. The zero-order valence-corrected chi connectivity index (χ0v) is 12.2. The molecule has 0 heterocycles. The largest absolute Gasteiger partial charge is 0.310 e. The minimum absolute atomic E-state index is 0.438. The van der Waals surface area contributed by atoms with E-state index in [1.807, 2.05) is 0 Å². The molecule has 17 heavy (non-hydrogen) atoms. The van der Waals surface area contributed by atoms with Gasteiger partial charge in [-0.15, -0.1) is 0 Å². The molecule has 1 aromatic rings. The average molecular weight is 296 g/mol. The van der Waals surface area contributed by atoms with Crippen molar-refractivity contribution in [1.82, 2.24) is 5.32 Å². The number of hydrogen-bond donors (Lipinski definition) is 1. The zero-order chi connectivity index (χ0) is 12.1. The molecule has 1 nitrogen and oxygen atoms in total. The fraction of sp³-hybridized carbons (Fsp3) is 0.600. The SMILES string of the molecule is C[C@H](NCC1CCCCC1)c1ccccc1Br. The number of rotatable bonds is 4. The molecule has 0 saturated heterocycles. The first kappa shape index (κ1) is 13.1. The second-order valence-electron chi connectivity index (χ2n) is 5.16. The maximum Gasteiger partial charge on any atom is 0.0303 e. The third-order valence-corrected chi connectivity index (χ3v) is 4.53. The summed E-state index contributed by atoms with van der Waals surface area (Å²) in [6.45, 7) is 3.42. The van der Waals surface area contributed by atoms with Gasteiger partial charge in [0.05, 0.1) is 0 Å². The lowest BCUT2D eigenvalue weighted by atomic mass is 9.89. The molecule has 2 heteroatoms. The van der Waals surface area contributed by atoms with Gasteiger partial charge in [-0.2, -0.15) is 0 Å². The van der Waals surface area contributed by atoms with Gasteiger partial charge in [-0.05, 0) is 43.9 Å². The van der Waals surface area contributed by atoms with E-state index in [-0.39, 0.29) is 0 Å². The highest BCUT2D eigenvalue weighted by molar-refractivity contribution is 9.10. The highest BCUT2D eigenvalue weighted by Crippen LogP contribution is 2.25. The standard InChI is InChI=1S/C15H22BrN/c1-12(14-9-5-6-10-15(14)16)17-11-13-7-3-2-4-8-13/h5-6,9-10,12-13,17H,2-4,7-8,11H2,1H3/t12-/m0/s1. The lowest BCUT2D eigenvalue weighted by molar-refractivity contribution is 0.331. The first-order chi connectivity index (χ1) is 8.27. The summed E-state index contributed by atoms with van der Waals surface area (Å²) in [6, 6.07) is 8.93. The van der Waals surface area contributed by atoms with Crippen molar-refractivity contribution in [2.24, 2.45) is 5.92 Å². The lowest BCUT2D eigenvalue weighted by Crippen LogP contribution is -2.27. The van der Waals surface area contributed by atoms with E-state index >= 15 is 0 Å². The van der Waals surface area contributed by atoms with E-state index in [4.69, 9.17) is 0 Å². The molecule has 1 aromatic carbocycles. The Morgan fingerprint density at radius 3 is 2.65 bits per heavy atom. The molecular formula is C15H22BrN. The monoisotopic (exact) mass is 295 g/mol. The summed E-state index contributed by atoms with van der Waals surface area (Å²) in [6.07, 6.45) is 7.12. The molecule has 2 rings (SSSR count). The van der Waals surface area contributed by atoms with E-state index in [0.29, 0.717) is 6.04 Å². The molecule has 0 radical (unpaired) electrons. The van der Waals surface area contributed by atoms with E-state index < -0.39 is 0 Å². The van der Waals surface area contributed by atoms with Crippen LogP contribution in [-0.4, -0.2) is 6.54 Å². The zero-order valence-electron chi connectivity index (χ0n) is 10.6. The van der Waals surface area contributed by atoms with Crippen molar-refractivity contribution in [3.05, 3.63) is 34.3 Å². The lowest BCUT2D eigenvalue weighted by Gasteiger charge is -2.24. The van der Waals surface area contributed by atoms with Crippen molar-refractivity contribution < 1.29 is 0 Å². The normalized spacial score (nSPS) is 19.2. The summed E-state index contributed by atoms with van der Waals surface area (Å²) in [5, 5.41) is 3.68. The Labute approximate surface area is 113 Å². The van der Waals surface area contributed by atoms with Crippen LogP contribution in [0.5, 0.6) is 0 Å². The van der Waals surface area contributed by atoms with Crippen LogP contribution in [-0.2, 0) is 0 Å². The van der Waals surface area contributed by atoms with Gasteiger partial charge in [-0.3, -0.25) is 0 Å². The second kappa shape index (κ2) is 6.55. The predicted molar refractivity (Wildman–Crippen MR) is 77.1 cm³/mol. The molecule has 0 aliphatic heterocycles. The van der Waals surface area contributed by atoms with Crippen LogP contribution in [0.15, 0.2) is 28.7 Å². The molecule has 0 amide bonds. The summed E-state index contributed by atoms with van der Waals surface area (Å²) < 4.78 is 1.21. The molecule has 0 unspecified atom stereocenters. The van der Waals surface area contributed by atoms with Gasteiger partial charge in [0.15, 0.2) is 0 Å². The van der Waals surface area contributed by atoms with Gasteiger partial charge in [-0.25, -0.2) is 0 Å². The number of benzene rings is 1. The molecule has 94 valence electrons. The van der Waals surface area contributed by atoms with E-state index in [2.05, 4.69) is 52.4 Å². The third kappa shape index (κ3) is 3.82. The van der Waals surface area contributed by atoms with E-state index in [9.17, 15) is 0 Å². The van der Waals surface area contributed by atoms with Crippen molar-refractivity contribution in [2.75, 3.05) is 6.54 Å². The molecule has 1 aliphatic carbocycles. The van der Waals surface area contributed by atoms with Gasteiger partial charge in [0.25, 0.3) is 0 Å². The smallest absolute Gasteiger partial charge is 0.0303 e. The van der Waals surface area contributed by atoms with E-state index in [0.717, 1.165) is 5.92 Å². The van der Waals surface area contributed by atoms with Crippen LogP contribution in [0.4, 0.5) is 0 Å². The molecule has 1 atom stereocenters. The van der Waals surface area contributed by atoms with Crippen LogP contribution in [0, 0.1) is 5.92 Å². The fourth-order valence-electron chi connectivity index (χ4n) is 2.67. The first-order valence-corrected chi connectivity index (χ1v) is 7.54. The van der Waals surface area contributed by atoms with Crippen molar-refractivity contribution in [1.29, 1.82) is 0 Å². The van der Waals surface area contributed by atoms with Crippen LogP contribution >= 0.6 is 15.9 Å². The Bertz CT molecular complexity index is 345. The Morgan fingerprint density at radius 1 is 1.24 bits per heavy atom. The van der Waals surface area contributed by atoms with Crippen molar-refractivity contribution >= 4 is 15.9 Å². The Morgan fingerprint density at radius 2 is 1.94 bits per heavy atom. The third-order valence-electron chi connectivity index (χ3n) is 3.81. The molecule has 0 aromatic heterocycles. The summed E-state index contributed by atoms with van der Waals surface area (Å²) >= 11 is 3.62. The van der Waals surface area contributed by atoms with Crippen LogP contribution in [0.25, 0.3) is 0 Å². The number of hydrogen-bond acceptors (Lipinski definition) is 1. The summed E-state index contributed by atoms with van der Waals surface area (Å²) in [4.78, 5) is 0. The average Bonchev–Trinajstić information content (AvgIpc) is 2.38. The maximum atomic E-state index is 3.68. The van der Waals surface area contributed by atoms with Crippen molar-refractivity contribution in [3.63, 3.8) is 0 Å². The molecule has 1 fully saturated rings. The Kier molecular flexibility index (Phi) is 5.05. The predicted octanol–water partition coefficient (Wildman–Crippen LogP) is 4.68. The van der Waals surface area contributed by atoms with Gasteiger partial charge < -0.3 is 5.32 Å².